The van der Waals surface area contributed by atoms with Gasteiger partial charge in [0.15, 0.2) is 6.04 Å². The van der Waals surface area contributed by atoms with Gasteiger partial charge in [-0.05, 0) is 32.3 Å². The van der Waals surface area contributed by atoms with E-state index in [1.165, 1.54) is 5.56 Å². The molecule has 0 aromatic heterocycles. The molecule has 0 saturated carbocycles. The Labute approximate surface area is 119 Å². The monoisotopic (exact) mass is 278 g/mol. The molecule has 0 heterocycles. The maximum atomic E-state index is 11.7. The van der Waals surface area contributed by atoms with Crippen molar-refractivity contribution >= 4 is 11.9 Å². The number of aryl methyl sites for hydroxylation is 1. The van der Waals surface area contributed by atoms with Crippen LogP contribution in [0.4, 0.5) is 0 Å². The first-order valence-corrected chi connectivity index (χ1v) is 6.81. The smallest absolute Gasteiger partial charge is 0.332 e. The van der Waals surface area contributed by atoms with Gasteiger partial charge in [0.05, 0.1) is 6.61 Å². The minimum Gasteiger partial charge on any atom is -0.464 e. The van der Waals surface area contributed by atoms with E-state index in [9.17, 15) is 9.59 Å². The van der Waals surface area contributed by atoms with Crippen molar-refractivity contribution in [2.24, 2.45) is 5.73 Å². The lowest BCUT2D eigenvalue weighted by Crippen LogP contribution is -2.49. The fourth-order valence-corrected chi connectivity index (χ4v) is 1.77. The largest absolute Gasteiger partial charge is 0.464 e. The molecule has 0 aliphatic rings. The van der Waals surface area contributed by atoms with Crippen LogP contribution >= 0.6 is 0 Å². The third-order valence-electron chi connectivity index (χ3n) is 2.92. The summed E-state index contributed by atoms with van der Waals surface area (Å²) >= 11 is 0. The zero-order valence-electron chi connectivity index (χ0n) is 12.0. The van der Waals surface area contributed by atoms with Crippen LogP contribution in [0.25, 0.3) is 0 Å². The maximum absolute atomic E-state index is 11.7. The Morgan fingerprint density at radius 3 is 2.55 bits per heavy atom. The molecule has 2 atom stereocenters. The van der Waals surface area contributed by atoms with Crippen molar-refractivity contribution in [1.29, 1.82) is 0 Å². The summed E-state index contributed by atoms with van der Waals surface area (Å²) in [6.45, 7) is 3.77. The summed E-state index contributed by atoms with van der Waals surface area (Å²) in [4.78, 5) is 23.1. The predicted octanol–water partition coefficient (Wildman–Crippen LogP) is 1.01. The van der Waals surface area contributed by atoms with Crippen molar-refractivity contribution < 1.29 is 14.3 Å². The second-order valence-electron chi connectivity index (χ2n) is 4.66. The van der Waals surface area contributed by atoms with Gasteiger partial charge in [0, 0.05) is 6.04 Å². The second kappa shape index (κ2) is 8.32. The van der Waals surface area contributed by atoms with Crippen LogP contribution in [0.5, 0.6) is 0 Å². The number of amides is 1. The van der Waals surface area contributed by atoms with Crippen LogP contribution in [0.3, 0.4) is 0 Å². The Kier molecular flexibility index (Phi) is 6.73. The zero-order chi connectivity index (χ0) is 15.0. The standard InChI is InChI=1S/C15H22N2O3/c1-3-20-15(19)13(16)14(18)17-11(2)9-10-12-7-5-4-6-8-12/h4-8,11,13H,3,9-10,16H2,1-2H3,(H,17,18). The van der Waals surface area contributed by atoms with Gasteiger partial charge in [-0.25, -0.2) is 4.79 Å². The van der Waals surface area contributed by atoms with Crippen LogP contribution in [0, 0.1) is 0 Å². The highest BCUT2D eigenvalue weighted by Crippen LogP contribution is 2.04. The molecule has 2 unspecified atom stereocenters. The van der Waals surface area contributed by atoms with Crippen molar-refractivity contribution in [3.63, 3.8) is 0 Å². The maximum Gasteiger partial charge on any atom is 0.332 e. The van der Waals surface area contributed by atoms with Crippen LogP contribution in [-0.4, -0.2) is 30.6 Å². The van der Waals surface area contributed by atoms with Crippen molar-refractivity contribution in [1.82, 2.24) is 5.32 Å². The molecule has 1 aromatic carbocycles. The third kappa shape index (κ3) is 5.40. The van der Waals surface area contributed by atoms with Crippen molar-refractivity contribution in [2.45, 2.75) is 38.8 Å². The van der Waals surface area contributed by atoms with Gasteiger partial charge in [0.2, 0.25) is 5.91 Å². The molecule has 0 saturated heterocycles. The highest BCUT2D eigenvalue weighted by atomic mass is 16.5. The van der Waals surface area contributed by atoms with Gasteiger partial charge in [-0.2, -0.15) is 0 Å². The normalized spacial score (nSPS) is 13.3. The second-order valence-corrected chi connectivity index (χ2v) is 4.66. The highest BCUT2D eigenvalue weighted by molar-refractivity contribution is 6.01. The minimum absolute atomic E-state index is 0.0526. The van der Waals surface area contributed by atoms with Crippen LogP contribution < -0.4 is 11.1 Å². The van der Waals surface area contributed by atoms with E-state index in [4.69, 9.17) is 10.5 Å². The zero-order valence-corrected chi connectivity index (χ0v) is 12.0. The molecule has 0 aliphatic carbocycles. The average Bonchev–Trinajstić information content (AvgIpc) is 2.45. The number of hydrogen-bond donors (Lipinski definition) is 2. The molecule has 0 fully saturated rings. The first-order chi connectivity index (χ1) is 9.54. The molecule has 110 valence electrons. The molecule has 3 N–H and O–H groups in total. The Morgan fingerprint density at radius 2 is 1.95 bits per heavy atom. The fraction of sp³-hybridized carbons (Fsp3) is 0.467. The van der Waals surface area contributed by atoms with E-state index < -0.39 is 17.9 Å². The number of ether oxygens (including phenoxy) is 1. The van der Waals surface area contributed by atoms with Gasteiger partial charge in [0.25, 0.3) is 0 Å². The fourth-order valence-electron chi connectivity index (χ4n) is 1.77. The molecule has 1 rings (SSSR count). The van der Waals surface area contributed by atoms with E-state index in [1.54, 1.807) is 6.92 Å². The Bertz CT molecular complexity index is 434. The number of carbonyl (C=O) groups is 2. The van der Waals surface area contributed by atoms with E-state index >= 15 is 0 Å². The summed E-state index contributed by atoms with van der Waals surface area (Å²) in [7, 11) is 0. The van der Waals surface area contributed by atoms with Gasteiger partial charge in [-0.3, -0.25) is 4.79 Å². The Balaban J connectivity index is 2.36. The predicted molar refractivity (Wildman–Crippen MR) is 77.0 cm³/mol. The number of rotatable bonds is 7. The molecular weight excluding hydrogens is 256 g/mol. The molecule has 5 nitrogen and oxygen atoms in total. The number of nitrogens with two attached hydrogens (primary N) is 1. The van der Waals surface area contributed by atoms with Gasteiger partial charge in [-0.1, -0.05) is 30.3 Å². The average molecular weight is 278 g/mol. The van der Waals surface area contributed by atoms with E-state index in [0.29, 0.717) is 0 Å². The van der Waals surface area contributed by atoms with Gasteiger partial charge in [0.1, 0.15) is 0 Å². The number of esters is 1. The van der Waals surface area contributed by atoms with E-state index in [1.807, 2.05) is 37.3 Å². The van der Waals surface area contributed by atoms with Gasteiger partial charge >= 0.3 is 5.97 Å². The SMILES string of the molecule is CCOC(=O)C(N)C(=O)NC(C)CCc1ccccc1. The topological polar surface area (TPSA) is 81.4 Å². The summed E-state index contributed by atoms with van der Waals surface area (Å²) in [6, 6.07) is 8.70. The van der Waals surface area contributed by atoms with Crippen molar-refractivity contribution in [3.05, 3.63) is 35.9 Å². The summed E-state index contributed by atoms with van der Waals surface area (Å²) in [6.07, 6.45) is 1.64. The lowest BCUT2D eigenvalue weighted by atomic mass is 10.1. The van der Waals surface area contributed by atoms with Crippen LogP contribution in [0.1, 0.15) is 25.8 Å². The molecule has 1 amide bonds. The van der Waals surface area contributed by atoms with Crippen molar-refractivity contribution in [3.8, 4) is 0 Å². The molecular formula is C15H22N2O3. The first-order valence-electron chi connectivity index (χ1n) is 6.81. The number of hydrogen-bond acceptors (Lipinski definition) is 4. The van der Waals surface area contributed by atoms with Gasteiger partial charge in [-0.15, -0.1) is 0 Å². The minimum atomic E-state index is -1.26. The molecule has 0 aliphatic heterocycles. The van der Waals surface area contributed by atoms with Crippen LogP contribution in [0.2, 0.25) is 0 Å². The van der Waals surface area contributed by atoms with Crippen LogP contribution in [0.15, 0.2) is 30.3 Å². The molecule has 1 aromatic rings. The van der Waals surface area contributed by atoms with E-state index in [2.05, 4.69) is 5.32 Å². The lowest BCUT2D eigenvalue weighted by molar-refractivity contribution is -0.148. The number of nitrogens with one attached hydrogen (secondary N) is 1. The lowest BCUT2D eigenvalue weighted by Gasteiger charge is -2.16. The van der Waals surface area contributed by atoms with Crippen LogP contribution in [-0.2, 0) is 20.7 Å². The molecule has 0 bridgehead atoms. The Hall–Kier alpha value is -1.88. The molecule has 20 heavy (non-hydrogen) atoms. The summed E-state index contributed by atoms with van der Waals surface area (Å²) in [5, 5.41) is 2.72. The Morgan fingerprint density at radius 1 is 1.30 bits per heavy atom. The molecule has 0 spiro atoms. The molecule has 0 radical (unpaired) electrons. The third-order valence-corrected chi connectivity index (χ3v) is 2.92. The quantitative estimate of drug-likeness (QED) is 0.576. The number of carbonyl (C=O) groups excluding carboxylic acids is 2. The highest BCUT2D eigenvalue weighted by Gasteiger charge is 2.24. The summed E-state index contributed by atoms with van der Waals surface area (Å²) in [5.74, 6) is -1.19. The van der Waals surface area contributed by atoms with Crippen molar-refractivity contribution in [2.75, 3.05) is 6.61 Å². The first kappa shape index (κ1) is 16.2. The molecule has 5 heteroatoms. The summed E-state index contributed by atoms with van der Waals surface area (Å²) < 4.78 is 4.71. The van der Waals surface area contributed by atoms with Gasteiger partial charge < -0.3 is 15.8 Å². The summed E-state index contributed by atoms with van der Waals surface area (Å²) in [5.41, 5.74) is 6.73. The van der Waals surface area contributed by atoms with E-state index in [-0.39, 0.29) is 12.6 Å². The number of benzene rings is 1. The van der Waals surface area contributed by atoms with E-state index in [0.717, 1.165) is 12.8 Å².